The molecule has 0 spiro atoms. The number of halogens is 2. The number of nitrogens with zero attached hydrogens (tertiary/aromatic N) is 2. The van der Waals surface area contributed by atoms with Crippen LogP contribution in [0.5, 0.6) is 0 Å². The van der Waals surface area contributed by atoms with Gasteiger partial charge in [0.1, 0.15) is 5.82 Å². The van der Waals surface area contributed by atoms with Crippen LogP contribution in [0.2, 0.25) is 5.02 Å². The zero-order valence-corrected chi connectivity index (χ0v) is 16.0. The number of anilines is 2. The van der Waals surface area contributed by atoms with E-state index in [1.54, 1.807) is 6.07 Å². The molecule has 0 saturated heterocycles. The summed E-state index contributed by atoms with van der Waals surface area (Å²) >= 11 is 6.05. The van der Waals surface area contributed by atoms with Crippen molar-refractivity contribution in [3.05, 3.63) is 58.9 Å². The highest BCUT2D eigenvalue weighted by molar-refractivity contribution is 6.34. The molecule has 142 valence electrons. The number of carbonyl (C=O) groups excluding carboxylic acids is 1. The lowest BCUT2D eigenvalue weighted by atomic mass is 10.0. The van der Waals surface area contributed by atoms with E-state index >= 15 is 0 Å². The Balaban J connectivity index is 1.63. The van der Waals surface area contributed by atoms with Crippen LogP contribution in [-0.4, -0.2) is 30.8 Å². The maximum absolute atomic E-state index is 14.0. The Morgan fingerprint density at radius 1 is 1.26 bits per heavy atom. The smallest absolute Gasteiger partial charge is 0.268 e. The monoisotopic (exact) mass is 389 g/mol. The van der Waals surface area contributed by atoms with Crippen LogP contribution >= 0.6 is 11.6 Å². The molecule has 0 fully saturated rings. The molecule has 27 heavy (non-hydrogen) atoms. The number of oxime groups is 1. The van der Waals surface area contributed by atoms with E-state index in [0.29, 0.717) is 11.4 Å². The first kappa shape index (κ1) is 19.2. The van der Waals surface area contributed by atoms with Crippen molar-refractivity contribution < 1.29 is 14.0 Å². The molecule has 3 rings (SSSR count). The van der Waals surface area contributed by atoms with Gasteiger partial charge in [-0.15, -0.1) is 0 Å². The van der Waals surface area contributed by atoms with E-state index < -0.39 is 11.9 Å². The van der Waals surface area contributed by atoms with Crippen LogP contribution in [0.25, 0.3) is 0 Å². The third-order valence-electron chi connectivity index (χ3n) is 4.48. The average Bonchev–Trinajstić information content (AvgIpc) is 3.14. The summed E-state index contributed by atoms with van der Waals surface area (Å²) in [5, 5.41) is 6.90. The molecule has 1 N–H and O–H groups in total. The Morgan fingerprint density at radius 3 is 2.59 bits per heavy atom. The predicted octanol–water partition coefficient (Wildman–Crippen LogP) is 4.46. The highest BCUT2D eigenvalue weighted by Gasteiger charge is 2.31. The van der Waals surface area contributed by atoms with Crippen molar-refractivity contribution in [2.45, 2.75) is 26.4 Å². The lowest BCUT2D eigenvalue weighted by molar-refractivity contribution is -0.125. The summed E-state index contributed by atoms with van der Waals surface area (Å²) in [6, 6.07) is 12.0. The number of hydrogen-bond donors (Lipinski definition) is 1. The van der Waals surface area contributed by atoms with Crippen molar-refractivity contribution in [3.8, 4) is 0 Å². The van der Waals surface area contributed by atoms with E-state index in [4.69, 9.17) is 16.4 Å². The zero-order chi connectivity index (χ0) is 19.4. The van der Waals surface area contributed by atoms with E-state index in [0.717, 1.165) is 18.8 Å². The Morgan fingerprint density at radius 2 is 1.96 bits per heavy atom. The fourth-order valence-electron chi connectivity index (χ4n) is 3.01. The summed E-state index contributed by atoms with van der Waals surface area (Å²) in [4.78, 5) is 19.9. The van der Waals surface area contributed by atoms with Crippen LogP contribution in [-0.2, 0) is 9.63 Å². The van der Waals surface area contributed by atoms with Crippen LogP contribution in [0.3, 0.4) is 0 Å². The number of benzene rings is 2. The summed E-state index contributed by atoms with van der Waals surface area (Å²) in [5.41, 5.74) is 2.26. The van der Waals surface area contributed by atoms with Gasteiger partial charge < -0.3 is 15.1 Å². The van der Waals surface area contributed by atoms with E-state index in [9.17, 15) is 9.18 Å². The standard InChI is InChI=1S/C20H21ClFN3O2/c1-3-25(4-2)14-10-8-13(9-11-14)23-20(26)18-12-17(24-27-18)19-15(21)6-5-7-16(19)22/h5-11,18H,3-4,12H2,1-2H3,(H,23,26). The number of carbonyl (C=O) groups is 1. The Hall–Kier alpha value is -2.60. The van der Waals surface area contributed by atoms with Crippen LogP contribution in [0.15, 0.2) is 47.6 Å². The SMILES string of the molecule is CCN(CC)c1ccc(NC(=O)C2CC(c3c(F)cccc3Cl)=NO2)cc1. The molecule has 0 aromatic heterocycles. The highest BCUT2D eigenvalue weighted by Crippen LogP contribution is 2.26. The molecule has 1 amide bonds. The molecule has 1 unspecified atom stereocenters. The van der Waals surface area contributed by atoms with E-state index in [-0.39, 0.29) is 22.9 Å². The summed E-state index contributed by atoms with van der Waals surface area (Å²) < 4.78 is 14.0. The van der Waals surface area contributed by atoms with Gasteiger partial charge in [-0.1, -0.05) is 22.8 Å². The summed E-state index contributed by atoms with van der Waals surface area (Å²) in [5.74, 6) is -0.824. The van der Waals surface area contributed by atoms with Gasteiger partial charge in [0.25, 0.3) is 5.91 Å². The molecule has 5 nitrogen and oxygen atoms in total. The molecule has 1 aliphatic rings. The van der Waals surface area contributed by atoms with Gasteiger partial charge >= 0.3 is 0 Å². The van der Waals surface area contributed by atoms with Crippen LogP contribution < -0.4 is 10.2 Å². The van der Waals surface area contributed by atoms with Crippen molar-refractivity contribution in [1.29, 1.82) is 0 Å². The van der Waals surface area contributed by atoms with Crippen molar-refractivity contribution in [3.63, 3.8) is 0 Å². The number of hydrogen-bond acceptors (Lipinski definition) is 4. The lowest BCUT2D eigenvalue weighted by Crippen LogP contribution is -2.28. The largest absolute Gasteiger partial charge is 0.382 e. The van der Waals surface area contributed by atoms with E-state index in [1.165, 1.54) is 12.1 Å². The van der Waals surface area contributed by atoms with Crippen molar-refractivity contribution in [1.82, 2.24) is 0 Å². The number of nitrogens with one attached hydrogen (secondary N) is 1. The Kier molecular flexibility index (Phi) is 5.96. The number of amides is 1. The molecule has 0 aliphatic carbocycles. The van der Waals surface area contributed by atoms with Crippen molar-refractivity contribution in [2.75, 3.05) is 23.3 Å². The van der Waals surface area contributed by atoms with Gasteiger partial charge in [0.2, 0.25) is 6.10 Å². The van der Waals surface area contributed by atoms with Gasteiger partial charge in [-0.25, -0.2) is 4.39 Å². The quantitative estimate of drug-likeness (QED) is 0.793. The Labute approximate surface area is 162 Å². The van der Waals surface area contributed by atoms with Gasteiger partial charge in [-0.05, 0) is 50.2 Å². The molecule has 0 radical (unpaired) electrons. The summed E-state index contributed by atoms with van der Waals surface area (Å²) in [6.07, 6.45) is -0.664. The molecule has 1 heterocycles. The second-order valence-corrected chi connectivity index (χ2v) is 6.55. The highest BCUT2D eigenvalue weighted by atomic mass is 35.5. The van der Waals surface area contributed by atoms with Crippen LogP contribution in [0.1, 0.15) is 25.8 Å². The minimum absolute atomic E-state index is 0.157. The minimum atomic E-state index is -0.821. The summed E-state index contributed by atoms with van der Waals surface area (Å²) in [6.45, 7) is 6.01. The molecule has 2 aromatic carbocycles. The summed E-state index contributed by atoms with van der Waals surface area (Å²) in [7, 11) is 0. The van der Waals surface area contributed by atoms with Gasteiger partial charge in [-0.2, -0.15) is 0 Å². The number of rotatable bonds is 6. The van der Waals surface area contributed by atoms with Gasteiger partial charge in [0, 0.05) is 30.9 Å². The van der Waals surface area contributed by atoms with Crippen LogP contribution in [0, 0.1) is 5.82 Å². The second-order valence-electron chi connectivity index (χ2n) is 6.14. The maximum atomic E-state index is 14.0. The molecule has 1 atom stereocenters. The van der Waals surface area contributed by atoms with Gasteiger partial charge in [-0.3, -0.25) is 4.79 Å². The van der Waals surface area contributed by atoms with Crippen molar-refractivity contribution in [2.24, 2.45) is 5.16 Å². The first-order valence-corrected chi connectivity index (χ1v) is 9.24. The maximum Gasteiger partial charge on any atom is 0.268 e. The first-order valence-electron chi connectivity index (χ1n) is 8.86. The van der Waals surface area contributed by atoms with Gasteiger partial charge in [0.15, 0.2) is 0 Å². The molecule has 1 aliphatic heterocycles. The topological polar surface area (TPSA) is 53.9 Å². The Bertz CT molecular complexity index is 831. The molecular weight excluding hydrogens is 369 g/mol. The predicted molar refractivity (Wildman–Crippen MR) is 106 cm³/mol. The normalized spacial score (nSPS) is 15.9. The molecule has 7 heteroatoms. The minimum Gasteiger partial charge on any atom is -0.382 e. The molecule has 2 aromatic rings. The third-order valence-corrected chi connectivity index (χ3v) is 4.79. The zero-order valence-electron chi connectivity index (χ0n) is 15.2. The van der Waals surface area contributed by atoms with Crippen LogP contribution in [0.4, 0.5) is 15.8 Å². The lowest BCUT2D eigenvalue weighted by Gasteiger charge is -2.21. The molecular formula is C20H21ClFN3O2. The van der Waals surface area contributed by atoms with Crippen molar-refractivity contribution >= 4 is 34.6 Å². The second kappa shape index (κ2) is 8.39. The van der Waals surface area contributed by atoms with E-state index in [2.05, 4.69) is 29.2 Å². The van der Waals surface area contributed by atoms with Gasteiger partial charge in [0.05, 0.1) is 16.3 Å². The fourth-order valence-corrected chi connectivity index (χ4v) is 3.28. The van der Waals surface area contributed by atoms with E-state index in [1.807, 2.05) is 24.3 Å². The fraction of sp³-hybridized carbons (Fsp3) is 0.300. The first-order chi connectivity index (χ1) is 13.0. The third kappa shape index (κ3) is 4.22. The average molecular weight is 390 g/mol. The molecule has 0 saturated carbocycles. The molecule has 0 bridgehead atoms.